The zero-order chi connectivity index (χ0) is 15.8. The van der Waals surface area contributed by atoms with E-state index < -0.39 is 0 Å². The van der Waals surface area contributed by atoms with Crippen molar-refractivity contribution in [2.24, 2.45) is 0 Å². The van der Waals surface area contributed by atoms with Crippen molar-refractivity contribution >= 4 is 16.7 Å². The van der Waals surface area contributed by atoms with Crippen molar-refractivity contribution in [1.29, 1.82) is 0 Å². The highest BCUT2D eigenvalue weighted by Gasteiger charge is 2.37. The first kappa shape index (κ1) is 14.6. The number of likely N-dealkylation sites (N-methyl/N-ethyl adjacent to an activating group) is 1. The molecule has 3 heterocycles. The summed E-state index contributed by atoms with van der Waals surface area (Å²) in [6.07, 6.45) is 3.76. The quantitative estimate of drug-likeness (QED) is 0.835. The van der Waals surface area contributed by atoms with Crippen LogP contribution in [0.3, 0.4) is 0 Å². The lowest BCUT2D eigenvalue weighted by atomic mass is 10.0. The highest BCUT2D eigenvalue weighted by molar-refractivity contribution is 5.85. The van der Waals surface area contributed by atoms with Crippen LogP contribution in [0, 0.1) is 0 Å². The number of hydrogen-bond donors (Lipinski definition) is 0. The first-order valence-corrected chi connectivity index (χ1v) is 8.25. The molecule has 1 aromatic heterocycles. The van der Waals surface area contributed by atoms with E-state index in [-0.39, 0.29) is 11.9 Å². The molecule has 0 saturated carbocycles. The molecular weight excluding hydrogens is 288 g/mol. The van der Waals surface area contributed by atoms with Gasteiger partial charge in [0, 0.05) is 64.1 Å². The van der Waals surface area contributed by atoms with Gasteiger partial charge in [-0.25, -0.2) is 0 Å². The van der Waals surface area contributed by atoms with Gasteiger partial charge < -0.3 is 4.90 Å². The van der Waals surface area contributed by atoms with Crippen molar-refractivity contribution in [2.45, 2.75) is 12.6 Å². The van der Waals surface area contributed by atoms with Gasteiger partial charge in [-0.1, -0.05) is 18.2 Å². The summed E-state index contributed by atoms with van der Waals surface area (Å²) in [6, 6.07) is 8.49. The number of benzene rings is 1. The number of fused-ring (bicyclic) bond motifs is 2. The first-order valence-electron chi connectivity index (χ1n) is 8.25. The van der Waals surface area contributed by atoms with E-state index in [0.717, 1.165) is 39.3 Å². The SMILES string of the molecule is CN1CCN2CCN(Cc3cccc4cnccc34)C[C@@H]2C1=O. The number of amides is 1. The summed E-state index contributed by atoms with van der Waals surface area (Å²) in [5, 5.41) is 2.44. The molecule has 5 nitrogen and oxygen atoms in total. The van der Waals surface area contributed by atoms with Crippen LogP contribution in [0.1, 0.15) is 5.56 Å². The first-order chi connectivity index (χ1) is 11.2. The van der Waals surface area contributed by atoms with Gasteiger partial charge in [0.25, 0.3) is 0 Å². The molecule has 0 bridgehead atoms. The molecule has 120 valence electrons. The Balaban J connectivity index is 1.54. The smallest absolute Gasteiger partial charge is 0.241 e. The van der Waals surface area contributed by atoms with Gasteiger partial charge >= 0.3 is 0 Å². The van der Waals surface area contributed by atoms with Crippen molar-refractivity contribution in [3.63, 3.8) is 0 Å². The Morgan fingerprint density at radius 1 is 1.17 bits per heavy atom. The normalized spacial score (nSPS) is 23.3. The molecule has 2 saturated heterocycles. The monoisotopic (exact) mass is 310 g/mol. The molecule has 0 aliphatic carbocycles. The maximum absolute atomic E-state index is 12.4. The van der Waals surface area contributed by atoms with Crippen LogP contribution >= 0.6 is 0 Å². The third-order valence-corrected chi connectivity index (χ3v) is 5.12. The van der Waals surface area contributed by atoms with Crippen LogP contribution in [-0.2, 0) is 11.3 Å². The number of aromatic nitrogens is 1. The lowest BCUT2D eigenvalue weighted by Gasteiger charge is -2.45. The molecule has 1 aromatic carbocycles. The highest BCUT2D eigenvalue weighted by atomic mass is 16.2. The van der Waals surface area contributed by atoms with Gasteiger partial charge in [-0.15, -0.1) is 0 Å². The average molecular weight is 310 g/mol. The molecule has 5 heteroatoms. The van der Waals surface area contributed by atoms with Crippen molar-refractivity contribution < 1.29 is 4.79 Å². The minimum atomic E-state index is 0.0270. The van der Waals surface area contributed by atoms with E-state index in [1.54, 1.807) is 0 Å². The molecule has 0 radical (unpaired) electrons. The third-order valence-electron chi connectivity index (χ3n) is 5.12. The van der Waals surface area contributed by atoms with E-state index in [1.807, 2.05) is 24.3 Å². The summed E-state index contributed by atoms with van der Waals surface area (Å²) in [7, 11) is 1.91. The molecular formula is C18H22N4O. The molecule has 0 N–H and O–H groups in total. The standard InChI is InChI=1S/C18H22N4O/c1-20-7-9-22-10-8-21(13-17(22)18(20)23)12-15-4-2-3-14-11-19-6-5-16(14)15/h2-6,11,17H,7-10,12-13H2,1H3/t17-/m1/s1. The van der Waals surface area contributed by atoms with Crippen molar-refractivity contribution in [3.8, 4) is 0 Å². The predicted molar refractivity (Wildman–Crippen MR) is 90.0 cm³/mol. The largest absolute Gasteiger partial charge is 0.343 e. The van der Waals surface area contributed by atoms with Crippen LogP contribution in [0.5, 0.6) is 0 Å². The van der Waals surface area contributed by atoms with Gasteiger partial charge in [0.2, 0.25) is 5.91 Å². The lowest BCUT2D eigenvalue weighted by molar-refractivity contribution is -0.143. The Morgan fingerprint density at radius 2 is 2.04 bits per heavy atom. The summed E-state index contributed by atoms with van der Waals surface area (Å²) in [4.78, 5) is 23.2. The highest BCUT2D eigenvalue weighted by Crippen LogP contribution is 2.22. The van der Waals surface area contributed by atoms with E-state index in [2.05, 4.69) is 39.0 Å². The van der Waals surface area contributed by atoms with E-state index in [1.165, 1.54) is 16.3 Å². The number of carbonyl (C=O) groups is 1. The number of piperazine rings is 2. The number of hydrogen-bond acceptors (Lipinski definition) is 4. The zero-order valence-electron chi connectivity index (χ0n) is 13.5. The molecule has 23 heavy (non-hydrogen) atoms. The van der Waals surface area contributed by atoms with E-state index in [9.17, 15) is 4.79 Å². The minimum Gasteiger partial charge on any atom is -0.343 e. The van der Waals surface area contributed by atoms with Crippen LogP contribution in [0.15, 0.2) is 36.7 Å². The van der Waals surface area contributed by atoms with Gasteiger partial charge in [-0.3, -0.25) is 19.6 Å². The van der Waals surface area contributed by atoms with Crippen LogP contribution in [0.2, 0.25) is 0 Å². The van der Waals surface area contributed by atoms with Gasteiger partial charge in [0.05, 0.1) is 0 Å². The number of pyridine rings is 1. The van der Waals surface area contributed by atoms with Crippen LogP contribution in [0.4, 0.5) is 0 Å². The minimum absolute atomic E-state index is 0.0270. The Bertz CT molecular complexity index is 727. The molecule has 0 unspecified atom stereocenters. The Kier molecular flexibility index (Phi) is 3.75. The van der Waals surface area contributed by atoms with Crippen molar-refractivity contribution in [3.05, 3.63) is 42.2 Å². The number of nitrogens with zero attached hydrogens (tertiary/aromatic N) is 4. The lowest BCUT2D eigenvalue weighted by Crippen LogP contribution is -2.63. The summed E-state index contributed by atoms with van der Waals surface area (Å²) in [6.45, 7) is 5.57. The van der Waals surface area contributed by atoms with Gasteiger partial charge in [0.1, 0.15) is 6.04 Å². The summed E-state index contributed by atoms with van der Waals surface area (Å²) < 4.78 is 0. The molecule has 4 rings (SSSR count). The second-order valence-corrected chi connectivity index (χ2v) is 6.56. The second-order valence-electron chi connectivity index (χ2n) is 6.56. The fraction of sp³-hybridized carbons (Fsp3) is 0.444. The van der Waals surface area contributed by atoms with E-state index in [4.69, 9.17) is 0 Å². The summed E-state index contributed by atoms with van der Waals surface area (Å²) >= 11 is 0. The molecule has 1 atom stereocenters. The van der Waals surface area contributed by atoms with Gasteiger partial charge in [-0.05, 0) is 17.0 Å². The average Bonchev–Trinajstić information content (AvgIpc) is 2.59. The fourth-order valence-electron chi connectivity index (χ4n) is 3.73. The summed E-state index contributed by atoms with van der Waals surface area (Å²) in [5.74, 6) is 0.267. The van der Waals surface area contributed by atoms with Gasteiger partial charge in [0.15, 0.2) is 0 Å². The van der Waals surface area contributed by atoms with E-state index >= 15 is 0 Å². The Morgan fingerprint density at radius 3 is 2.96 bits per heavy atom. The van der Waals surface area contributed by atoms with Crippen molar-refractivity contribution in [1.82, 2.24) is 19.7 Å². The zero-order valence-corrected chi connectivity index (χ0v) is 13.5. The molecule has 1 amide bonds. The number of carbonyl (C=O) groups excluding carboxylic acids is 1. The van der Waals surface area contributed by atoms with E-state index in [0.29, 0.717) is 0 Å². The Hall–Kier alpha value is -1.98. The molecule has 2 fully saturated rings. The van der Waals surface area contributed by atoms with Crippen LogP contribution in [0.25, 0.3) is 10.8 Å². The van der Waals surface area contributed by atoms with Gasteiger partial charge in [-0.2, -0.15) is 0 Å². The number of rotatable bonds is 2. The maximum atomic E-state index is 12.4. The third kappa shape index (κ3) is 2.71. The fourth-order valence-corrected chi connectivity index (χ4v) is 3.73. The molecule has 2 aliphatic rings. The van der Waals surface area contributed by atoms with Crippen LogP contribution in [-0.4, -0.2) is 71.4 Å². The second kappa shape index (κ2) is 5.91. The van der Waals surface area contributed by atoms with Crippen molar-refractivity contribution in [2.75, 3.05) is 39.8 Å². The van der Waals surface area contributed by atoms with Crippen LogP contribution < -0.4 is 0 Å². The predicted octanol–water partition coefficient (Wildman–Crippen LogP) is 1.19. The summed E-state index contributed by atoms with van der Waals surface area (Å²) in [5.41, 5.74) is 1.31. The Labute approximate surface area is 136 Å². The molecule has 2 aliphatic heterocycles. The molecule has 2 aromatic rings. The topological polar surface area (TPSA) is 39.7 Å². The maximum Gasteiger partial charge on any atom is 0.241 e. The molecule has 0 spiro atoms.